The van der Waals surface area contributed by atoms with Crippen molar-refractivity contribution in [2.24, 2.45) is 0 Å². The van der Waals surface area contributed by atoms with Crippen LogP contribution < -0.4 is 10.1 Å². The number of nitrogens with one attached hydrogen (secondary N) is 1. The number of hydrogen-bond acceptors (Lipinski definition) is 5. The summed E-state index contributed by atoms with van der Waals surface area (Å²) >= 11 is 11.6. The van der Waals surface area contributed by atoms with Crippen LogP contribution in [0.1, 0.15) is 37.5 Å². The monoisotopic (exact) mass is 463 g/mol. The fourth-order valence-electron chi connectivity index (χ4n) is 3.58. The smallest absolute Gasteiger partial charge is 0.258 e. The van der Waals surface area contributed by atoms with Gasteiger partial charge in [0.1, 0.15) is 11.6 Å². The van der Waals surface area contributed by atoms with Gasteiger partial charge in [0.05, 0.1) is 5.02 Å². The minimum absolute atomic E-state index is 0.00935. The number of rotatable bonds is 6. The molecule has 0 unspecified atom stereocenters. The van der Waals surface area contributed by atoms with Gasteiger partial charge in [0.15, 0.2) is 6.61 Å². The van der Waals surface area contributed by atoms with Gasteiger partial charge >= 0.3 is 0 Å². The van der Waals surface area contributed by atoms with E-state index in [1.54, 1.807) is 12.1 Å². The van der Waals surface area contributed by atoms with Crippen LogP contribution in [0.3, 0.4) is 0 Å². The highest BCUT2D eigenvalue weighted by atomic mass is 35.5. The molecule has 1 heterocycles. The molecular formula is C22H20Cl2FN3O3. The Balaban J connectivity index is 1.24. The largest absolute Gasteiger partial charge is 0.484 e. The number of carbonyl (C=O) groups is 1. The third-order valence-corrected chi connectivity index (χ3v) is 5.79. The number of halogens is 3. The molecule has 9 heteroatoms. The molecule has 3 aromatic rings. The minimum atomic E-state index is -0.585. The second-order valence-electron chi connectivity index (χ2n) is 7.43. The Kier molecular flexibility index (Phi) is 6.73. The van der Waals surface area contributed by atoms with E-state index < -0.39 is 5.82 Å². The number of hydrogen-bond donors (Lipinski definition) is 1. The molecule has 31 heavy (non-hydrogen) atoms. The van der Waals surface area contributed by atoms with Gasteiger partial charge in [-0.3, -0.25) is 4.79 Å². The predicted molar refractivity (Wildman–Crippen MR) is 115 cm³/mol. The SMILES string of the molecule is O=C(COc1ccc(Cl)c(F)c1)N[C@H]1CC[C@H](c2nnc(-c3ccc(Cl)cc3)o2)CC1. The van der Waals surface area contributed by atoms with Crippen molar-refractivity contribution in [3.8, 4) is 17.2 Å². The van der Waals surface area contributed by atoms with Crippen LogP contribution in [0.15, 0.2) is 46.9 Å². The molecule has 1 saturated carbocycles. The maximum atomic E-state index is 13.4. The molecule has 0 bridgehead atoms. The lowest BCUT2D eigenvalue weighted by Crippen LogP contribution is -2.39. The first-order valence-corrected chi connectivity index (χ1v) is 10.7. The van der Waals surface area contributed by atoms with Crippen molar-refractivity contribution in [3.63, 3.8) is 0 Å². The molecule has 0 aliphatic heterocycles. The van der Waals surface area contributed by atoms with Crippen LogP contribution in [-0.4, -0.2) is 28.8 Å². The van der Waals surface area contributed by atoms with Crippen LogP contribution in [0.5, 0.6) is 5.75 Å². The number of aromatic nitrogens is 2. The highest BCUT2D eigenvalue weighted by Crippen LogP contribution is 2.33. The molecule has 2 aromatic carbocycles. The van der Waals surface area contributed by atoms with Gasteiger partial charge < -0.3 is 14.5 Å². The summed E-state index contributed by atoms with van der Waals surface area (Å²) in [6.45, 7) is -0.185. The zero-order valence-corrected chi connectivity index (χ0v) is 18.0. The summed E-state index contributed by atoms with van der Waals surface area (Å²) in [6.07, 6.45) is 3.25. The topological polar surface area (TPSA) is 77.2 Å². The first-order chi connectivity index (χ1) is 15.0. The lowest BCUT2D eigenvalue weighted by Gasteiger charge is -2.27. The first-order valence-electron chi connectivity index (χ1n) is 9.94. The van der Waals surface area contributed by atoms with Crippen molar-refractivity contribution in [3.05, 3.63) is 64.2 Å². The van der Waals surface area contributed by atoms with Crippen molar-refractivity contribution >= 4 is 29.1 Å². The zero-order valence-electron chi connectivity index (χ0n) is 16.5. The molecule has 1 aliphatic carbocycles. The second kappa shape index (κ2) is 9.66. The summed E-state index contributed by atoms with van der Waals surface area (Å²) in [6, 6.07) is 11.4. The summed E-state index contributed by atoms with van der Waals surface area (Å²) in [4.78, 5) is 12.2. The fraction of sp³-hybridized carbons (Fsp3) is 0.318. The van der Waals surface area contributed by atoms with E-state index in [0.717, 1.165) is 37.3 Å². The van der Waals surface area contributed by atoms with E-state index in [-0.39, 0.29) is 35.2 Å². The molecule has 1 amide bonds. The van der Waals surface area contributed by atoms with Gasteiger partial charge in [-0.25, -0.2) is 4.39 Å². The van der Waals surface area contributed by atoms with Crippen molar-refractivity contribution in [2.45, 2.75) is 37.6 Å². The highest BCUT2D eigenvalue weighted by molar-refractivity contribution is 6.31. The van der Waals surface area contributed by atoms with Crippen molar-refractivity contribution in [1.29, 1.82) is 0 Å². The van der Waals surface area contributed by atoms with E-state index in [9.17, 15) is 9.18 Å². The Hall–Kier alpha value is -2.64. The summed E-state index contributed by atoms with van der Waals surface area (Å²) in [5, 5.41) is 12.0. The summed E-state index contributed by atoms with van der Waals surface area (Å²) in [7, 11) is 0. The number of nitrogens with zero attached hydrogens (tertiary/aromatic N) is 2. The van der Waals surface area contributed by atoms with Crippen molar-refractivity contribution in [1.82, 2.24) is 15.5 Å². The van der Waals surface area contributed by atoms with E-state index >= 15 is 0 Å². The summed E-state index contributed by atoms with van der Waals surface area (Å²) in [5.41, 5.74) is 0.824. The Morgan fingerprint density at radius 2 is 1.84 bits per heavy atom. The van der Waals surface area contributed by atoms with Gasteiger partial charge in [0, 0.05) is 28.6 Å². The average Bonchev–Trinajstić information content (AvgIpc) is 3.26. The van der Waals surface area contributed by atoms with Crippen LogP contribution in [-0.2, 0) is 4.79 Å². The Bertz CT molecular complexity index is 1050. The number of ether oxygens (including phenoxy) is 1. The third kappa shape index (κ3) is 5.54. The van der Waals surface area contributed by atoms with Gasteiger partial charge in [-0.2, -0.15) is 0 Å². The maximum Gasteiger partial charge on any atom is 0.258 e. The van der Waals surface area contributed by atoms with Gasteiger partial charge in [0.2, 0.25) is 11.8 Å². The van der Waals surface area contributed by atoms with Gasteiger partial charge in [0.25, 0.3) is 5.91 Å². The molecule has 162 valence electrons. The van der Waals surface area contributed by atoms with Crippen LogP contribution in [0.2, 0.25) is 10.0 Å². The zero-order chi connectivity index (χ0) is 21.8. The van der Waals surface area contributed by atoms with Gasteiger partial charge in [-0.05, 0) is 62.1 Å². The van der Waals surface area contributed by atoms with Crippen LogP contribution in [0, 0.1) is 5.82 Å². The molecule has 1 aromatic heterocycles. The molecule has 1 N–H and O–H groups in total. The molecule has 0 radical (unpaired) electrons. The average molecular weight is 464 g/mol. The molecule has 0 saturated heterocycles. The normalized spacial score (nSPS) is 18.5. The highest BCUT2D eigenvalue weighted by Gasteiger charge is 2.27. The van der Waals surface area contributed by atoms with E-state index in [2.05, 4.69) is 15.5 Å². The van der Waals surface area contributed by atoms with E-state index in [0.29, 0.717) is 16.8 Å². The Labute approximate surface area is 188 Å². The quantitative estimate of drug-likeness (QED) is 0.529. The van der Waals surface area contributed by atoms with Crippen LogP contribution >= 0.6 is 23.2 Å². The Morgan fingerprint density at radius 3 is 2.55 bits per heavy atom. The molecule has 4 rings (SSSR count). The molecular weight excluding hydrogens is 444 g/mol. The van der Waals surface area contributed by atoms with Crippen molar-refractivity contribution in [2.75, 3.05) is 6.61 Å². The van der Waals surface area contributed by atoms with E-state index in [1.165, 1.54) is 12.1 Å². The second-order valence-corrected chi connectivity index (χ2v) is 8.28. The summed E-state index contributed by atoms with van der Waals surface area (Å²) < 4.78 is 24.6. The fourth-order valence-corrected chi connectivity index (χ4v) is 3.82. The molecule has 0 spiro atoms. The molecule has 1 fully saturated rings. The lowest BCUT2D eigenvalue weighted by molar-refractivity contribution is -0.124. The minimum Gasteiger partial charge on any atom is -0.484 e. The van der Waals surface area contributed by atoms with Gasteiger partial charge in [-0.1, -0.05) is 23.2 Å². The van der Waals surface area contributed by atoms with Crippen LogP contribution in [0.25, 0.3) is 11.5 Å². The number of benzene rings is 2. The molecule has 1 aliphatic rings. The maximum absolute atomic E-state index is 13.4. The van der Waals surface area contributed by atoms with E-state index in [1.807, 2.05) is 12.1 Å². The number of carbonyl (C=O) groups excluding carboxylic acids is 1. The van der Waals surface area contributed by atoms with Crippen LogP contribution in [0.4, 0.5) is 4.39 Å². The molecule has 0 atom stereocenters. The third-order valence-electron chi connectivity index (χ3n) is 5.23. The predicted octanol–water partition coefficient (Wildman–Crippen LogP) is 5.40. The lowest BCUT2D eigenvalue weighted by atomic mass is 9.86. The van der Waals surface area contributed by atoms with E-state index in [4.69, 9.17) is 32.4 Å². The molecule has 6 nitrogen and oxygen atoms in total. The van der Waals surface area contributed by atoms with Gasteiger partial charge in [-0.15, -0.1) is 10.2 Å². The first kappa shape index (κ1) is 21.6. The van der Waals surface area contributed by atoms with Crippen molar-refractivity contribution < 1.29 is 18.3 Å². The summed E-state index contributed by atoms with van der Waals surface area (Å²) in [5.74, 6) is 0.670. The number of amides is 1. The standard InChI is InChI=1S/C22H20Cl2FN3O3/c23-15-5-1-13(2-6-15)21-27-28-22(31-21)14-3-7-16(8-4-14)26-20(29)12-30-17-9-10-18(24)19(25)11-17/h1-2,5-6,9-11,14,16H,3-4,7-8,12H2,(H,26,29)/t14-,16-. The Morgan fingerprint density at radius 1 is 1.10 bits per heavy atom.